The first-order valence-electron chi connectivity index (χ1n) is 6.97. The number of benzene rings is 1. The summed E-state index contributed by atoms with van der Waals surface area (Å²) < 4.78 is 28.6. The van der Waals surface area contributed by atoms with E-state index in [2.05, 4.69) is 0 Å². The van der Waals surface area contributed by atoms with Gasteiger partial charge in [-0.15, -0.1) is 0 Å². The topological polar surface area (TPSA) is 79.1 Å². The van der Waals surface area contributed by atoms with Gasteiger partial charge in [-0.1, -0.05) is 0 Å². The molecule has 0 fully saturated rings. The lowest BCUT2D eigenvalue weighted by Gasteiger charge is -2.33. The monoisotopic (exact) mass is 334 g/mol. The maximum atomic E-state index is 11.4. The molecule has 3 rings (SSSR count). The second-order valence-electron chi connectivity index (χ2n) is 5.34. The van der Waals surface area contributed by atoms with E-state index in [1.165, 1.54) is 12.1 Å². The Morgan fingerprint density at radius 2 is 1.70 bits per heavy atom. The maximum absolute atomic E-state index is 11.4. The summed E-state index contributed by atoms with van der Waals surface area (Å²) in [5.74, 6) is 0.770. The van der Waals surface area contributed by atoms with Crippen molar-refractivity contribution in [2.24, 2.45) is 5.14 Å². The van der Waals surface area contributed by atoms with Crippen molar-refractivity contribution < 1.29 is 13.2 Å². The van der Waals surface area contributed by atoms with Gasteiger partial charge in [0.05, 0.1) is 4.90 Å². The van der Waals surface area contributed by atoms with Crippen LogP contribution in [-0.2, 0) is 14.8 Å². The fourth-order valence-electron chi connectivity index (χ4n) is 2.34. The lowest BCUT2D eigenvalue weighted by molar-refractivity contribution is 0.0529. The molecule has 0 spiro atoms. The zero-order valence-corrected chi connectivity index (χ0v) is 13.6. The van der Waals surface area contributed by atoms with Gasteiger partial charge in [0.15, 0.2) is 0 Å². The second kappa shape index (κ2) is 5.64. The van der Waals surface area contributed by atoms with E-state index in [1.807, 2.05) is 59.7 Å². The van der Waals surface area contributed by atoms with Crippen molar-refractivity contribution >= 4 is 15.7 Å². The number of allylic oxidation sites excluding steroid dienone is 1. The molecule has 8 heteroatoms. The molecule has 0 amide bonds. The van der Waals surface area contributed by atoms with Crippen LogP contribution in [0.15, 0.2) is 65.9 Å². The zero-order chi connectivity index (χ0) is 16.6. The normalized spacial score (nSPS) is 20.7. The fourth-order valence-corrected chi connectivity index (χ4v) is 2.85. The van der Waals surface area contributed by atoms with Gasteiger partial charge in [-0.2, -0.15) is 0 Å². The number of nitrogens with zero attached hydrogens (tertiary/aromatic N) is 3. The number of hydrogen-bond acceptors (Lipinski definition) is 6. The molecule has 2 N–H and O–H groups in total. The Hall–Kier alpha value is -2.45. The van der Waals surface area contributed by atoms with E-state index in [4.69, 9.17) is 9.88 Å². The lowest BCUT2D eigenvalue weighted by Crippen LogP contribution is -2.40. The second-order valence-corrected chi connectivity index (χ2v) is 6.90. The molecule has 1 aromatic rings. The number of primary sulfonamides is 1. The van der Waals surface area contributed by atoms with E-state index in [0.717, 1.165) is 11.4 Å². The van der Waals surface area contributed by atoms with Crippen molar-refractivity contribution in [3.8, 4) is 0 Å². The van der Waals surface area contributed by atoms with Gasteiger partial charge in [0.1, 0.15) is 5.76 Å². The van der Waals surface area contributed by atoms with Crippen LogP contribution < -0.4 is 10.0 Å². The highest BCUT2D eigenvalue weighted by molar-refractivity contribution is 7.89. The molecule has 1 atom stereocenters. The highest BCUT2D eigenvalue weighted by Crippen LogP contribution is 2.29. The van der Waals surface area contributed by atoms with Crippen LogP contribution in [0.3, 0.4) is 0 Å². The number of hydrogen-bond donors (Lipinski definition) is 1. The van der Waals surface area contributed by atoms with Crippen molar-refractivity contribution in [3.63, 3.8) is 0 Å². The molecular weight excluding hydrogens is 316 g/mol. The smallest absolute Gasteiger partial charge is 0.260 e. The molecule has 2 aliphatic heterocycles. The summed E-state index contributed by atoms with van der Waals surface area (Å²) in [6.07, 6.45) is 9.15. The first-order valence-corrected chi connectivity index (χ1v) is 8.51. The third-order valence-electron chi connectivity index (χ3n) is 3.52. The molecule has 122 valence electrons. The average Bonchev–Trinajstić information content (AvgIpc) is 2.89. The van der Waals surface area contributed by atoms with Crippen molar-refractivity contribution in [1.29, 1.82) is 0 Å². The quantitative estimate of drug-likeness (QED) is 0.902. The van der Waals surface area contributed by atoms with Gasteiger partial charge in [0, 0.05) is 43.7 Å². The van der Waals surface area contributed by atoms with Crippen molar-refractivity contribution in [3.05, 3.63) is 61.0 Å². The molecular formula is C15H18N4O3S. The first-order chi connectivity index (χ1) is 10.8. The first kappa shape index (κ1) is 15.4. The lowest BCUT2D eigenvalue weighted by atomic mass is 10.3. The van der Waals surface area contributed by atoms with Gasteiger partial charge in [0.25, 0.3) is 6.35 Å². The Bertz CT molecular complexity index is 769. The minimum Gasteiger partial charge on any atom is -0.455 e. The van der Waals surface area contributed by atoms with Gasteiger partial charge < -0.3 is 9.64 Å². The van der Waals surface area contributed by atoms with E-state index >= 15 is 0 Å². The van der Waals surface area contributed by atoms with Crippen LogP contribution in [0, 0.1) is 0 Å². The van der Waals surface area contributed by atoms with Crippen LogP contribution in [0.5, 0.6) is 0 Å². The summed E-state index contributed by atoms with van der Waals surface area (Å²) in [4.78, 5) is 5.85. The summed E-state index contributed by atoms with van der Waals surface area (Å²) >= 11 is 0. The molecule has 7 nitrogen and oxygen atoms in total. The molecule has 23 heavy (non-hydrogen) atoms. The number of anilines is 1. The number of nitrogens with two attached hydrogens (primary N) is 1. The summed E-state index contributed by atoms with van der Waals surface area (Å²) in [7, 11) is -1.76. The van der Waals surface area contributed by atoms with Crippen LogP contribution in [0.1, 0.15) is 6.92 Å². The van der Waals surface area contributed by atoms with E-state index in [9.17, 15) is 8.42 Å². The number of sulfonamides is 1. The minimum atomic E-state index is -3.70. The predicted octanol–water partition coefficient (Wildman–Crippen LogP) is 1.51. The minimum absolute atomic E-state index is 0.0815. The van der Waals surface area contributed by atoms with Crippen LogP contribution in [-0.4, -0.2) is 31.6 Å². The molecule has 2 aliphatic rings. The standard InChI is InChI=1S/C15H18N4O3S/c1-12-11-19(13-3-5-14(6-4-13)23(16,20)21)15(22-12)18-9-7-17(2)8-10-18/h3-11,15H,1-2H3,(H2,16,20,21). The van der Waals surface area contributed by atoms with Crippen LogP contribution in [0.4, 0.5) is 5.69 Å². The van der Waals surface area contributed by atoms with Crippen molar-refractivity contribution in [2.75, 3.05) is 11.9 Å². The molecule has 1 aromatic carbocycles. The van der Waals surface area contributed by atoms with E-state index in [1.54, 1.807) is 12.1 Å². The molecule has 0 aliphatic carbocycles. The van der Waals surface area contributed by atoms with Crippen LogP contribution in [0.25, 0.3) is 0 Å². The highest BCUT2D eigenvalue weighted by atomic mass is 32.2. The van der Waals surface area contributed by atoms with Gasteiger partial charge in [-0.3, -0.25) is 9.80 Å². The van der Waals surface area contributed by atoms with Crippen molar-refractivity contribution in [2.45, 2.75) is 18.2 Å². The number of ether oxygens (including phenoxy) is 1. The summed E-state index contributed by atoms with van der Waals surface area (Å²) in [5, 5.41) is 5.13. The number of rotatable bonds is 3. The molecule has 0 aromatic heterocycles. The fraction of sp³-hybridized carbons (Fsp3) is 0.200. The van der Waals surface area contributed by atoms with Crippen LogP contribution in [0.2, 0.25) is 0 Å². The Balaban J connectivity index is 1.87. The predicted molar refractivity (Wildman–Crippen MR) is 86.8 cm³/mol. The third-order valence-corrected chi connectivity index (χ3v) is 4.45. The van der Waals surface area contributed by atoms with Gasteiger partial charge >= 0.3 is 0 Å². The Kier molecular flexibility index (Phi) is 3.78. The molecule has 0 saturated carbocycles. The summed E-state index contributed by atoms with van der Waals surface area (Å²) in [5.41, 5.74) is 0.806. The van der Waals surface area contributed by atoms with E-state index in [0.29, 0.717) is 0 Å². The Morgan fingerprint density at radius 1 is 1.09 bits per heavy atom. The Labute approximate surface area is 135 Å². The molecule has 0 saturated heterocycles. The van der Waals surface area contributed by atoms with Gasteiger partial charge in [-0.25, -0.2) is 13.6 Å². The maximum Gasteiger partial charge on any atom is 0.260 e. The SMILES string of the molecule is CC1=CN(c2ccc(S(N)(=O)=O)cc2)C(N2C=CN(C)C=C2)O1. The largest absolute Gasteiger partial charge is 0.455 e. The molecule has 1 unspecified atom stereocenters. The summed E-state index contributed by atoms with van der Waals surface area (Å²) in [6.45, 7) is 1.87. The molecule has 0 radical (unpaired) electrons. The highest BCUT2D eigenvalue weighted by Gasteiger charge is 2.29. The Morgan fingerprint density at radius 3 is 2.26 bits per heavy atom. The summed E-state index contributed by atoms with van der Waals surface area (Å²) in [6, 6.07) is 6.38. The molecule has 2 heterocycles. The van der Waals surface area contributed by atoms with Gasteiger partial charge in [-0.05, 0) is 31.2 Å². The third kappa shape index (κ3) is 3.17. The van der Waals surface area contributed by atoms with E-state index < -0.39 is 10.0 Å². The van der Waals surface area contributed by atoms with Gasteiger partial charge in [0.2, 0.25) is 10.0 Å². The van der Waals surface area contributed by atoms with E-state index in [-0.39, 0.29) is 11.2 Å². The van der Waals surface area contributed by atoms with Crippen LogP contribution >= 0.6 is 0 Å². The average molecular weight is 334 g/mol. The molecule has 0 bridgehead atoms. The zero-order valence-electron chi connectivity index (χ0n) is 12.8. The van der Waals surface area contributed by atoms with Crippen molar-refractivity contribution in [1.82, 2.24) is 9.80 Å².